The molecule has 1 aliphatic carbocycles. The van der Waals surface area contributed by atoms with Crippen molar-refractivity contribution in [3.63, 3.8) is 0 Å². The molecule has 1 saturated carbocycles. The summed E-state index contributed by atoms with van der Waals surface area (Å²) in [4.78, 5) is 0. The summed E-state index contributed by atoms with van der Waals surface area (Å²) in [5.74, 6) is 2.56. The molecule has 1 aliphatic rings. The summed E-state index contributed by atoms with van der Waals surface area (Å²) in [6.07, 6.45) is 6.86. The SMILES string of the molecule is CCCC(CC)C(NC)C(C)C1(C)CCC1C. The highest BCUT2D eigenvalue weighted by Crippen LogP contribution is 2.53. The first kappa shape index (κ1) is 15.0. The van der Waals surface area contributed by atoms with Gasteiger partial charge in [0.2, 0.25) is 0 Å². The number of hydrogen-bond donors (Lipinski definition) is 1. The van der Waals surface area contributed by atoms with Gasteiger partial charge in [0, 0.05) is 6.04 Å². The first-order chi connectivity index (χ1) is 8.01. The lowest BCUT2D eigenvalue weighted by atomic mass is 9.53. The Kier molecular flexibility index (Phi) is 5.50. The molecule has 5 unspecified atom stereocenters. The van der Waals surface area contributed by atoms with Gasteiger partial charge in [0.25, 0.3) is 0 Å². The van der Waals surface area contributed by atoms with Crippen molar-refractivity contribution >= 4 is 0 Å². The Morgan fingerprint density at radius 3 is 2.29 bits per heavy atom. The van der Waals surface area contributed by atoms with Crippen molar-refractivity contribution in [3.05, 3.63) is 0 Å². The third-order valence-electron chi connectivity index (χ3n) is 5.85. The Morgan fingerprint density at radius 2 is 2.00 bits per heavy atom. The molecule has 1 heteroatoms. The molecule has 0 amide bonds. The van der Waals surface area contributed by atoms with Crippen LogP contribution in [0.15, 0.2) is 0 Å². The van der Waals surface area contributed by atoms with Crippen LogP contribution < -0.4 is 5.32 Å². The van der Waals surface area contributed by atoms with Gasteiger partial charge >= 0.3 is 0 Å². The first-order valence-corrected chi connectivity index (χ1v) is 7.68. The van der Waals surface area contributed by atoms with Gasteiger partial charge in [0.15, 0.2) is 0 Å². The van der Waals surface area contributed by atoms with Gasteiger partial charge in [0.05, 0.1) is 0 Å². The molecule has 1 N–H and O–H groups in total. The van der Waals surface area contributed by atoms with E-state index in [0.29, 0.717) is 11.5 Å². The fraction of sp³-hybridized carbons (Fsp3) is 1.00. The van der Waals surface area contributed by atoms with E-state index in [0.717, 1.165) is 17.8 Å². The van der Waals surface area contributed by atoms with Crippen molar-refractivity contribution in [1.29, 1.82) is 0 Å². The molecule has 0 aliphatic heterocycles. The molecule has 1 fully saturated rings. The summed E-state index contributed by atoms with van der Waals surface area (Å²) in [7, 11) is 2.16. The van der Waals surface area contributed by atoms with Crippen LogP contribution in [0.4, 0.5) is 0 Å². The molecule has 102 valence electrons. The van der Waals surface area contributed by atoms with E-state index in [4.69, 9.17) is 0 Å². The largest absolute Gasteiger partial charge is 0.316 e. The van der Waals surface area contributed by atoms with Crippen LogP contribution in [0.25, 0.3) is 0 Å². The standard InChI is InChI=1S/C16H33N/c1-7-9-14(8-2)15(17-6)13(4)16(5)11-10-12(16)3/h12-15,17H,7-11H2,1-6H3. The molecular weight excluding hydrogens is 206 g/mol. The van der Waals surface area contributed by atoms with Gasteiger partial charge in [-0.3, -0.25) is 0 Å². The van der Waals surface area contributed by atoms with Gasteiger partial charge in [-0.15, -0.1) is 0 Å². The first-order valence-electron chi connectivity index (χ1n) is 7.68. The minimum atomic E-state index is 0.578. The van der Waals surface area contributed by atoms with Crippen LogP contribution in [0.2, 0.25) is 0 Å². The Bertz CT molecular complexity index is 226. The van der Waals surface area contributed by atoms with E-state index in [1.165, 1.54) is 32.1 Å². The third-order valence-corrected chi connectivity index (χ3v) is 5.85. The van der Waals surface area contributed by atoms with Crippen molar-refractivity contribution in [2.75, 3.05) is 7.05 Å². The average Bonchev–Trinajstić information content (AvgIpc) is 2.35. The minimum absolute atomic E-state index is 0.578. The fourth-order valence-corrected chi connectivity index (χ4v) is 3.88. The third kappa shape index (κ3) is 2.86. The fourth-order valence-electron chi connectivity index (χ4n) is 3.88. The predicted molar refractivity (Wildman–Crippen MR) is 77.2 cm³/mol. The maximum absolute atomic E-state index is 3.63. The second kappa shape index (κ2) is 6.22. The molecule has 0 heterocycles. The molecule has 1 nitrogen and oxygen atoms in total. The molecule has 0 bridgehead atoms. The van der Waals surface area contributed by atoms with Crippen molar-refractivity contribution < 1.29 is 0 Å². The van der Waals surface area contributed by atoms with E-state index >= 15 is 0 Å². The van der Waals surface area contributed by atoms with Gasteiger partial charge in [0.1, 0.15) is 0 Å². The molecule has 0 radical (unpaired) electrons. The molecular formula is C16H33N. The Labute approximate surface area is 109 Å². The molecule has 17 heavy (non-hydrogen) atoms. The lowest BCUT2D eigenvalue weighted by Gasteiger charge is -2.53. The van der Waals surface area contributed by atoms with E-state index in [9.17, 15) is 0 Å². The summed E-state index contributed by atoms with van der Waals surface area (Å²) in [5.41, 5.74) is 0.578. The van der Waals surface area contributed by atoms with Crippen LogP contribution in [-0.4, -0.2) is 13.1 Å². The minimum Gasteiger partial charge on any atom is -0.316 e. The zero-order valence-electron chi connectivity index (χ0n) is 12.8. The van der Waals surface area contributed by atoms with E-state index in [2.05, 4.69) is 47.0 Å². The summed E-state index contributed by atoms with van der Waals surface area (Å²) in [6, 6.07) is 0.702. The van der Waals surface area contributed by atoms with Gasteiger partial charge < -0.3 is 5.32 Å². The van der Waals surface area contributed by atoms with Gasteiger partial charge in [-0.2, -0.15) is 0 Å². The molecule has 5 atom stereocenters. The number of nitrogens with one attached hydrogen (secondary N) is 1. The zero-order valence-corrected chi connectivity index (χ0v) is 12.8. The van der Waals surface area contributed by atoms with Crippen LogP contribution in [0.1, 0.15) is 66.7 Å². The normalized spacial score (nSPS) is 33.9. The van der Waals surface area contributed by atoms with E-state index in [1.807, 2.05) is 0 Å². The van der Waals surface area contributed by atoms with Crippen LogP contribution >= 0.6 is 0 Å². The summed E-state index contributed by atoms with van der Waals surface area (Å²) in [5, 5.41) is 3.63. The molecule has 0 saturated heterocycles. The summed E-state index contributed by atoms with van der Waals surface area (Å²) < 4.78 is 0. The van der Waals surface area contributed by atoms with Gasteiger partial charge in [-0.1, -0.05) is 47.5 Å². The van der Waals surface area contributed by atoms with Gasteiger partial charge in [-0.25, -0.2) is 0 Å². The molecule has 0 aromatic heterocycles. The van der Waals surface area contributed by atoms with Crippen molar-refractivity contribution in [2.24, 2.45) is 23.2 Å². The number of hydrogen-bond acceptors (Lipinski definition) is 1. The molecule has 0 spiro atoms. The Morgan fingerprint density at radius 1 is 1.35 bits per heavy atom. The van der Waals surface area contributed by atoms with E-state index < -0.39 is 0 Å². The van der Waals surface area contributed by atoms with Crippen molar-refractivity contribution in [1.82, 2.24) is 5.32 Å². The van der Waals surface area contributed by atoms with Crippen LogP contribution in [-0.2, 0) is 0 Å². The van der Waals surface area contributed by atoms with Crippen LogP contribution in [0.3, 0.4) is 0 Å². The second-order valence-corrected chi connectivity index (χ2v) is 6.51. The average molecular weight is 239 g/mol. The van der Waals surface area contributed by atoms with Crippen LogP contribution in [0, 0.1) is 23.2 Å². The van der Waals surface area contributed by atoms with E-state index in [-0.39, 0.29) is 0 Å². The zero-order chi connectivity index (χ0) is 13.1. The molecule has 0 aromatic rings. The number of rotatable bonds is 7. The Hall–Kier alpha value is -0.0400. The molecule has 1 rings (SSSR count). The highest BCUT2D eigenvalue weighted by molar-refractivity contribution is 4.98. The Balaban J connectivity index is 2.71. The quantitative estimate of drug-likeness (QED) is 0.691. The summed E-state index contributed by atoms with van der Waals surface area (Å²) in [6.45, 7) is 12.1. The topological polar surface area (TPSA) is 12.0 Å². The monoisotopic (exact) mass is 239 g/mol. The van der Waals surface area contributed by atoms with Crippen LogP contribution in [0.5, 0.6) is 0 Å². The maximum Gasteiger partial charge on any atom is 0.0123 e. The van der Waals surface area contributed by atoms with Crippen molar-refractivity contribution in [2.45, 2.75) is 72.8 Å². The lowest BCUT2D eigenvalue weighted by molar-refractivity contribution is -0.0220. The highest BCUT2D eigenvalue weighted by Gasteiger charge is 2.47. The second-order valence-electron chi connectivity index (χ2n) is 6.51. The van der Waals surface area contributed by atoms with E-state index in [1.54, 1.807) is 0 Å². The maximum atomic E-state index is 3.63. The molecule has 0 aromatic carbocycles. The summed E-state index contributed by atoms with van der Waals surface area (Å²) >= 11 is 0. The van der Waals surface area contributed by atoms with Gasteiger partial charge in [-0.05, 0) is 49.5 Å². The lowest BCUT2D eigenvalue weighted by Crippen LogP contribution is -2.51. The van der Waals surface area contributed by atoms with Crippen molar-refractivity contribution in [3.8, 4) is 0 Å². The predicted octanol–water partition coefficient (Wildman–Crippen LogP) is 4.47. The highest BCUT2D eigenvalue weighted by atomic mass is 14.9. The smallest absolute Gasteiger partial charge is 0.0123 e.